The van der Waals surface area contributed by atoms with Crippen LogP contribution in [0.1, 0.15) is 39.7 Å². The fraction of sp³-hybridized carbons (Fsp3) is 0.579. The van der Waals surface area contributed by atoms with Gasteiger partial charge < -0.3 is 15.2 Å². The Bertz CT molecular complexity index is 592. The largest absolute Gasteiger partial charge is 0.493 e. The van der Waals surface area contributed by atoms with Gasteiger partial charge in [0.25, 0.3) is 0 Å². The smallest absolute Gasteiger partial charge is 0.324 e. The van der Waals surface area contributed by atoms with Crippen molar-refractivity contribution in [3.8, 4) is 5.75 Å². The minimum Gasteiger partial charge on any atom is -0.493 e. The number of aliphatic hydroxyl groups is 1. The number of nitrogens with one attached hydrogen (secondary N) is 1. The van der Waals surface area contributed by atoms with Crippen LogP contribution in [0.5, 0.6) is 5.75 Å². The molecule has 25 heavy (non-hydrogen) atoms. The second kappa shape index (κ2) is 7.87. The summed E-state index contributed by atoms with van der Waals surface area (Å²) in [6.07, 6.45) is 0.125. The fourth-order valence-corrected chi connectivity index (χ4v) is 2.76. The summed E-state index contributed by atoms with van der Waals surface area (Å²) in [5.41, 5.74) is 0.629. The van der Waals surface area contributed by atoms with Crippen LogP contribution in [0.15, 0.2) is 24.3 Å². The maximum Gasteiger partial charge on any atom is 0.324 e. The quantitative estimate of drug-likeness (QED) is 0.792. The summed E-state index contributed by atoms with van der Waals surface area (Å²) in [6.45, 7) is 8.90. The first kappa shape index (κ1) is 19.2. The molecule has 0 aliphatic carbocycles. The summed E-state index contributed by atoms with van der Waals surface area (Å²) >= 11 is 0. The van der Waals surface area contributed by atoms with Gasteiger partial charge in [0, 0.05) is 18.4 Å². The normalized spacial score (nSPS) is 18.5. The standard InChI is InChI=1S/C19H28N2O4/c1-13(2)11-25-16-7-5-14(6-8-16)19(3,4)12-21-17(23)9-15(10-22)20-18(21)24/h5-8,13,15,22H,9-12H2,1-4H3,(H,20,24). The van der Waals surface area contributed by atoms with E-state index in [2.05, 4.69) is 19.2 Å². The first-order valence-electron chi connectivity index (χ1n) is 8.68. The van der Waals surface area contributed by atoms with Gasteiger partial charge >= 0.3 is 6.03 Å². The van der Waals surface area contributed by atoms with Gasteiger partial charge in [0.2, 0.25) is 5.91 Å². The van der Waals surface area contributed by atoms with Crippen molar-refractivity contribution >= 4 is 11.9 Å². The van der Waals surface area contributed by atoms with Gasteiger partial charge in [-0.3, -0.25) is 9.69 Å². The molecule has 3 amide bonds. The number of urea groups is 1. The average molecular weight is 348 g/mol. The monoisotopic (exact) mass is 348 g/mol. The molecule has 0 spiro atoms. The number of imide groups is 1. The summed E-state index contributed by atoms with van der Waals surface area (Å²) in [7, 11) is 0. The number of carbonyl (C=O) groups is 2. The van der Waals surface area contributed by atoms with Crippen LogP contribution < -0.4 is 10.1 Å². The van der Waals surface area contributed by atoms with Crippen LogP contribution in [0.2, 0.25) is 0 Å². The van der Waals surface area contributed by atoms with Gasteiger partial charge in [-0.05, 0) is 23.6 Å². The summed E-state index contributed by atoms with van der Waals surface area (Å²) < 4.78 is 5.69. The topological polar surface area (TPSA) is 78.9 Å². The van der Waals surface area contributed by atoms with E-state index in [-0.39, 0.29) is 25.5 Å². The second-order valence-electron chi connectivity index (χ2n) is 7.63. The van der Waals surface area contributed by atoms with E-state index < -0.39 is 17.5 Å². The third-order valence-electron chi connectivity index (χ3n) is 4.29. The molecule has 1 fully saturated rings. The predicted octanol–water partition coefficient (Wildman–Crippen LogP) is 2.30. The molecule has 0 radical (unpaired) electrons. The second-order valence-corrected chi connectivity index (χ2v) is 7.63. The molecule has 0 aromatic heterocycles. The van der Waals surface area contributed by atoms with Crippen molar-refractivity contribution in [1.29, 1.82) is 0 Å². The molecule has 1 aliphatic heterocycles. The van der Waals surface area contributed by atoms with E-state index in [1.807, 2.05) is 38.1 Å². The number of rotatable bonds is 7. The molecule has 1 saturated heterocycles. The van der Waals surface area contributed by atoms with Gasteiger partial charge in [-0.2, -0.15) is 0 Å². The third-order valence-corrected chi connectivity index (χ3v) is 4.29. The van der Waals surface area contributed by atoms with E-state index in [1.165, 1.54) is 4.90 Å². The van der Waals surface area contributed by atoms with Crippen LogP contribution in [0, 0.1) is 5.92 Å². The highest BCUT2D eigenvalue weighted by molar-refractivity contribution is 5.97. The molecule has 1 heterocycles. The third kappa shape index (κ3) is 4.95. The van der Waals surface area contributed by atoms with Crippen molar-refractivity contribution in [2.75, 3.05) is 19.8 Å². The Labute approximate surface area is 149 Å². The summed E-state index contributed by atoms with van der Waals surface area (Å²) in [6, 6.07) is 6.84. The van der Waals surface area contributed by atoms with Gasteiger partial charge in [0.15, 0.2) is 0 Å². The lowest BCUT2D eigenvalue weighted by atomic mass is 9.84. The Morgan fingerprint density at radius 3 is 2.44 bits per heavy atom. The van der Waals surface area contributed by atoms with E-state index >= 15 is 0 Å². The fourth-order valence-electron chi connectivity index (χ4n) is 2.76. The summed E-state index contributed by atoms with van der Waals surface area (Å²) in [4.78, 5) is 25.6. The first-order valence-corrected chi connectivity index (χ1v) is 8.68. The number of aliphatic hydroxyl groups excluding tert-OH is 1. The zero-order valence-corrected chi connectivity index (χ0v) is 15.4. The molecule has 0 bridgehead atoms. The van der Waals surface area contributed by atoms with E-state index in [9.17, 15) is 9.59 Å². The summed E-state index contributed by atoms with van der Waals surface area (Å²) in [5.74, 6) is 1.01. The van der Waals surface area contributed by atoms with Crippen molar-refractivity contribution in [3.63, 3.8) is 0 Å². The molecule has 1 aliphatic rings. The van der Waals surface area contributed by atoms with Gasteiger partial charge in [-0.15, -0.1) is 0 Å². The van der Waals surface area contributed by atoms with Gasteiger partial charge in [-0.1, -0.05) is 39.8 Å². The van der Waals surface area contributed by atoms with Crippen molar-refractivity contribution in [2.24, 2.45) is 5.92 Å². The lowest BCUT2D eigenvalue weighted by Gasteiger charge is -2.36. The van der Waals surface area contributed by atoms with Crippen LogP contribution in [-0.4, -0.2) is 47.7 Å². The minimum atomic E-state index is -0.489. The number of hydrogen-bond acceptors (Lipinski definition) is 4. The molecule has 1 aromatic carbocycles. The molecule has 6 nitrogen and oxygen atoms in total. The Hall–Kier alpha value is -2.08. The first-order chi connectivity index (χ1) is 11.7. The number of benzene rings is 1. The van der Waals surface area contributed by atoms with E-state index in [0.717, 1.165) is 11.3 Å². The lowest BCUT2D eigenvalue weighted by molar-refractivity contribution is -0.131. The molecule has 1 aromatic rings. The van der Waals surface area contributed by atoms with Crippen LogP contribution in [0.25, 0.3) is 0 Å². The number of carbonyl (C=O) groups excluding carboxylic acids is 2. The molecule has 1 unspecified atom stereocenters. The van der Waals surface area contributed by atoms with Crippen molar-refractivity contribution in [1.82, 2.24) is 10.2 Å². The van der Waals surface area contributed by atoms with Crippen molar-refractivity contribution in [2.45, 2.75) is 45.6 Å². The van der Waals surface area contributed by atoms with Crippen LogP contribution in [0.4, 0.5) is 4.79 Å². The average Bonchev–Trinajstić information content (AvgIpc) is 2.56. The zero-order valence-electron chi connectivity index (χ0n) is 15.4. The molecule has 6 heteroatoms. The van der Waals surface area contributed by atoms with E-state index in [4.69, 9.17) is 9.84 Å². The lowest BCUT2D eigenvalue weighted by Crippen LogP contribution is -2.58. The zero-order chi connectivity index (χ0) is 18.6. The Morgan fingerprint density at radius 2 is 1.92 bits per heavy atom. The SMILES string of the molecule is CC(C)COc1ccc(C(C)(C)CN2C(=O)CC(CO)NC2=O)cc1. The molecular formula is C19H28N2O4. The minimum absolute atomic E-state index is 0.125. The molecule has 1 atom stereocenters. The molecule has 138 valence electrons. The van der Waals surface area contributed by atoms with Gasteiger partial charge in [0.05, 0.1) is 19.3 Å². The van der Waals surface area contributed by atoms with Gasteiger partial charge in [0.1, 0.15) is 5.75 Å². The van der Waals surface area contributed by atoms with Crippen LogP contribution >= 0.6 is 0 Å². The van der Waals surface area contributed by atoms with Crippen molar-refractivity contribution in [3.05, 3.63) is 29.8 Å². The highest BCUT2D eigenvalue weighted by atomic mass is 16.5. The number of nitrogens with zero attached hydrogens (tertiary/aromatic N) is 1. The number of ether oxygens (including phenoxy) is 1. The maximum absolute atomic E-state index is 12.2. The van der Waals surface area contributed by atoms with Crippen LogP contribution in [-0.2, 0) is 10.2 Å². The highest BCUT2D eigenvalue weighted by Gasteiger charge is 2.35. The molecule has 2 rings (SSSR count). The molecule has 2 N–H and O–H groups in total. The Balaban J connectivity index is 2.05. The van der Waals surface area contributed by atoms with Gasteiger partial charge in [-0.25, -0.2) is 4.79 Å². The van der Waals surface area contributed by atoms with E-state index in [0.29, 0.717) is 12.5 Å². The molecular weight excluding hydrogens is 320 g/mol. The Kier molecular flexibility index (Phi) is 6.06. The molecule has 0 saturated carbocycles. The number of amides is 3. The van der Waals surface area contributed by atoms with Crippen molar-refractivity contribution < 1.29 is 19.4 Å². The van der Waals surface area contributed by atoms with E-state index in [1.54, 1.807) is 0 Å². The van der Waals surface area contributed by atoms with Crippen LogP contribution in [0.3, 0.4) is 0 Å². The Morgan fingerprint density at radius 1 is 1.28 bits per heavy atom. The highest BCUT2D eigenvalue weighted by Crippen LogP contribution is 2.27. The predicted molar refractivity (Wildman–Crippen MR) is 95.5 cm³/mol. The summed E-state index contributed by atoms with van der Waals surface area (Å²) in [5, 5.41) is 11.8. The maximum atomic E-state index is 12.2. The number of hydrogen-bond donors (Lipinski definition) is 2.